The van der Waals surface area contributed by atoms with Crippen LogP contribution in [0, 0.1) is 13.8 Å². The Morgan fingerprint density at radius 3 is 2.24 bits per heavy atom. The number of benzene rings is 2. The molecule has 0 heterocycles. The normalized spacial score (nSPS) is 12.2. The number of amides is 2. The Morgan fingerprint density at radius 1 is 1.03 bits per heavy atom. The molecule has 0 aliphatic heterocycles. The zero-order valence-corrected chi connectivity index (χ0v) is 22.4. The van der Waals surface area contributed by atoms with E-state index in [9.17, 15) is 18.0 Å². The van der Waals surface area contributed by atoms with E-state index in [-0.39, 0.29) is 12.5 Å². The van der Waals surface area contributed by atoms with Crippen molar-refractivity contribution in [2.75, 3.05) is 23.7 Å². The molecule has 0 fully saturated rings. The zero-order chi connectivity index (χ0) is 25.6. The minimum absolute atomic E-state index is 0.0653. The lowest BCUT2D eigenvalue weighted by molar-refractivity contribution is -0.140. The van der Waals surface area contributed by atoms with Gasteiger partial charge in [0.1, 0.15) is 12.6 Å². The highest BCUT2D eigenvalue weighted by atomic mass is 35.5. The highest BCUT2D eigenvalue weighted by Gasteiger charge is 2.32. The van der Waals surface area contributed by atoms with Crippen molar-refractivity contribution in [2.24, 2.45) is 0 Å². The fourth-order valence-electron chi connectivity index (χ4n) is 3.73. The second-order valence-electron chi connectivity index (χ2n) is 8.15. The minimum atomic E-state index is -3.78. The quantitative estimate of drug-likeness (QED) is 0.498. The molecule has 0 saturated heterocycles. The molecule has 0 aliphatic carbocycles. The lowest BCUT2D eigenvalue weighted by Crippen LogP contribution is -2.52. The Bertz CT molecular complexity index is 1150. The van der Waals surface area contributed by atoms with Crippen LogP contribution in [0.5, 0.6) is 0 Å². The van der Waals surface area contributed by atoms with Gasteiger partial charge in [-0.2, -0.15) is 0 Å². The van der Waals surface area contributed by atoms with Crippen LogP contribution in [0.3, 0.4) is 0 Å². The summed E-state index contributed by atoms with van der Waals surface area (Å²) in [6.07, 6.45) is 1.41. The van der Waals surface area contributed by atoms with Crippen molar-refractivity contribution in [1.82, 2.24) is 10.2 Å². The molecule has 0 aromatic heterocycles. The van der Waals surface area contributed by atoms with E-state index in [1.807, 2.05) is 13.0 Å². The van der Waals surface area contributed by atoms with Gasteiger partial charge in [0.2, 0.25) is 21.8 Å². The second-order valence-corrected chi connectivity index (χ2v) is 10.9. The molecule has 186 valence electrons. The summed E-state index contributed by atoms with van der Waals surface area (Å²) in [6.45, 7) is 7.32. The first kappa shape index (κ1) is 28.0. The number of carbonyl (C=O) groups excluding carboxylic acids is 2. The smallest absolute Gasteiger partial charge is 0.244 e. The molecular weight excluding hydrogens is 497 g/mol. The van der Waals surface area contributed by atoms with E-state index >= 15 is 0 Å². The number of hydrogen-bond donors (Lipinski definition) is 1. The lowest BCUT2D eigenvalue weighted by Gasteiger charge is -2.33. The largest absolute Gasteiger partial charge is 0.355 e. The van der Waals surface area contributed by atoms with Crippen molar-refractivity contribution in [3.05, 3.63) is 63.1 Å². The van der Waals surface area contributed by atoms with E-state index in [1.165, 1.54) is 4.90 Å². The summed E-state index contributed by atoms with van der Waals surface area (Å²) in [5.74, 6) is -0.814. The van der Waals surface area contributed by atoms with Gasteiger partial charge >= 0.3 is 0 Å². The van der Waals surface area contributed by atoms with Gasteiger partial charge < -0.3 is 10.2 Å². The molecule has 2 aromatic rings. The van der Waals surface area contributed by atoms with Crippen LogP contribution in [0.15, 0.2) is 36.4 Å². The Morgan fingerprint density at radius 2 is 1.71 bits per heavy atom. The van der Waals surface area contributed by atoms with E-state index < -0.39 is 28.5 Å². The van der Waals surface area contributed by atoms with E-state index in [4.69, 9.17) is 23.2 Å². The Balaban J connectivity index is 2.48. The number of aryl methyl sites for hydroxylation is 2. The molecule has 0 bridgehead atoms. The van der Waals surface area contributed by atoms with Crippen molar-refractivity contribution in [1.29, 1.82) is 0 Å². The summed E-state index contributed by atoms with van der Waals surface area (Å²) in [5, 5.41) is 3.45. The predicted octanol–water partition coefficient (Wildman–Crippen LogP) is 4.32. The lowest BCUT2D eigenvalue weighted by atomic mass is 10.1. The fourth-order valence-corrected chi connectivity index (χ4v) is 4.95. The standard InChI is InChI=1S/C24H31Cl2N3O4S/c1-6-21(24(31)27-7-2)28(14-18-9-10-19(25)20(26)13-18)23(30)15-29(34(5,32)33)22-11-8-16(3)12-17(22)4/h8-13,21H,6-7,14-15H2,1-5H3,(H,27,31)/t21-/m1/s1. The number of nitrogens with zero attached hydrogens (tertiary/aromatic N) is 2. The molecule has 0 spiro atoms. The number of rotatable bonds is 10. The third-order valence-electron chi connectivity index (χ3n) is 5.37. The van der Waals surface area contributed by atoms with Gasteiger partial charge in [-0.25, -0.2) is 8.42 Å². The van der Waals surface area contributed by atoms with Crippen LogP contribution in [-0.2, 0) is 26.2 Å². The van der Waals surface area contributed by atoms with Crippen LogP contribution < -0.4 is 9.62 Å². The van der Waals surface area contributed by atoms with Gasteiger partial charge in [0.15, 0.2) is 0 Å². The summed E-state index contributed by atoms with van der Waals surface area (Å²) in [5.41, 5.74) is 2.79. The first-order valence-electron chi connectivity index (χ1n) is 10.9. The molecule has 34 heavy (non-hydrogen) atoms. The highest BCUT2D eigenvalue weighted by molar-refractivity contribution is 7.92. The Labute approximate surface area is 212 Å². The van der Waals surface area contributed by atoms with Crippen LogP contribution in [0.2, 0.25) is 10.0 Å². The second kappa shape index (κ2) is 11.9. The molecule has 2 amide bonds. The molecule has 0 saturated carbocycles. The maximum absolute atomic E-state index is 13.6. The van der Waals surface area contributed by atoms with Crippen LogP contribution in [0.25, 0.3) is 0 Å². The summed E-state index contributed by atoms with van der Waals surface area (Å²) in [7, 11) is -3.78. The molecule has 2 aromatic carbocycles. The minimum Gasteiger partial charge on any atom is -0.355 e. The van der Waals surface area contributed by atoms with Gasteiger partial charge in [-0.05, 0) is 56.5 Å². The van der Waals surface area contributed by atoms with Gasteiger partial charge in [-0.1, -0.05) is 53.9 Å². The Hall–Kier alpha value is -2.29. The molecule has 2 rings (SSSR count). The van der Waals surface area contributed by atoms with Crippen molar-refractivity contribution in [3.8, 4) is 0 Å². The van der Waals surface area contributed by atoms with Gasteiger partial charge in [-0.3, -0.25) is 13.9 Å². The van der Waals surface area contributed by atoms with Crippen molar-refractivity contribution in [3.63, 3.8) is 0 Å². The number of halogens is 2. The molecule has 7 nitrogen and oxygen atoms in total. The molecular formula is C24H31Cl2N3O4S. The fraction of sp³-hybridized carbons (Fsp3) is 0.417. The van der Waals surface area contributed by atoms with Crippen LogP contribution >= 0.6 is 23.2 Å². The van der Waals surface area contributed by atoms with Gasteiger partial charge in [0.05, 0.1) is 22.0 Å². The first-order chi connectivity index (χ1) is 15.9. The topological polar surface area (TPSA) is 86.8 Å². The van der Waals surface area contributed by atoms with Crippen LogP contribution in [0.1, 0.15) is 37.0 Å². The average Bonchev–Trinajstić information content (AvgIpc) is 2.74. The molecule has 1 atom stereocenters. The summed E-state index contributed by atoms with van der Waals surface area (Å²) >= 11 is 12.2. The molecule has 0 unspecified atom stereocenters. The Kier molecular flexibility index (Phi) is 9.79. The van der Waals surface area contributed by atoms with E-state index in [0.717, 1.165) is 21.7 Å². The molecule has 0 aliphatic rings. The number of likely N-dealkylation sites (N-methyl/N-ethyl adjacent to an activating group) is 1. The van der Waals surface area contributed by atoms with Gasteiger partial charge in [0.25, 0.3) is 0 Å². The predicted molar refractivity (Wildman–Crippen MR) is 138 cm³/mol. The summed E-state index contributed by atoms with van der Waals surface area (Å²) < 4.78 is 26.5. The van der Waals surface area contributed by atoms with Crippen LogP contribution in [0.4, 0.5) is 5.69 Å². The summed E-state index contributed by atoms with van der Waals surface area (Å²) in [4.78, 5) is 27.8. The van der Waals surface area contributed by atoms with E-state index in [0.29, 0.717) is 34.3 Å². The van der Waals surface area contributed by atoms with Crippen LogP contribution in [-0.4, -0.2) is 50.5 Å². The zero-order valence-electron chi connectivity index (χ0n) is 20.1. The molecule has 10 heteroatoms. The average molecular weight is 529 g/mol. The van der Waals surface area contributed by atoms with Crippen molar-refractivity contribution < 1.29 is 18.0 Å². The third-order valence-corrected chi connectivity index (χ3v) is 7.24. The maximum atomic E-state index is 13.6. The van der Waals surface area contributed by atoms with Gasteiger partial charge in [-0.15, -0.1) is 0 Å². The number of nitrogens with one attached hydrogen (secondary N) is 1. The SMILES string of the molecule is CCNC(=O)[C@@H](CC)N(Cc1ccc(Cl)c(Cl)c1)C(=O)CN(c1ccc(C)cc1C)S(C)(=O)=O. The monoisotopic (exact) mass is 527 g/mol. The maximum Gasteiger partial charge on any atom is 0.244 e. The summed E-state index contributed by atoms with van der Waals surface area (Å²) in [6, 6.07) is 9.51. The number of anilines is 1. The van der Waals surface area contributed by atoms with Crippen molar-refractivity contribution in [2.45, 2.75) is 46.7 Å². The molecule has 0 radical (unpaired) electrons. The number of hydrogen-bond acceptors (Lipinski definition) is 4. The first-order valence-corrected chi connectivity index (χ1v) is 13.6. The molecule has 1 N–H and O–H groups in total. The van der Waals surface area contributed by atoms with Crippen molar-refractivity contribution >= 4 is 50.7 Å². The van der Waals surface area contributed by atoms with E-state index in [2.05, 4.69) is 5.32 Å². The number of sulfonamides is 1. The number of carbonyl (C=O) groups is 2. The highest BCUT2D eigenvalue weighted by Crippen LogP contribution is 2.26. The third kappa shape index (κ3) is 7.10. The van der Waals surface area contributed by atoms with Gasteiger partial charge in [0, 0.05) is 13.1 Å². The van der Waals surface area contributed by atoms with E-state index in [1.54, 1.807) is 51.1 Å².